The summed E-state index contributed by atoms with van der Waals surface area (Å²) in [6.07, 6.45) is 10.1. The molecule has 5 rings (SSSR count). The number of carbonyl (C=O) groups is 1. The third kappa shape index (κ3) is 2.95. The summed E-state index contributed by atoms with van der Waals surface area (Å²) in [6.45, 7) is 1.27. The third-order valence-corrected chi connectivity index (χ3v) is 6.09. The molecular weight excluding hydrogens is 368 g/mol. The quantitative estimate of drug-likeness (QED) is 0.718. The summed E-state index contributed by atoms with van der Waals surface area (Å²) in [6, 6.07) is 3.71. The fourth-order valence-electron chi connectivity index (χ4n) is 4.68. The molecule has 1 fully saturated rings. The van der Waals surface area contributed by atoms with Crippen molar-refractivity contribution < 1.29 is 4.79 Å². The van der Waals surface area contributed by atoms with Crippen LogP contribution in [0.5, 0.6) is 0 Å². The average molecular weight is 390 g/mol. The van der Waals surface area contributed by atoms with E-state index in [9.17, 15) is 9.59 Å². The lowest BCUT2D eigenvalue weighted by molar-refractivity contribution is 0.0628. The number of aryl methyl sites for hydroxylation is 1. The molecule has 148 valence electrons. The normalized spacial score (nSPS) is 20.8. The molecular formula is C21H22N6O2. The predicted molar refractivity (Wildman–Crippen MR) is 106 cm³/mol. The molecule has 3 aromatic rings. The number of rotatable bonds is 2. The summed E-state index contributed by atoms with van der Waals surface area (Å²) < 4.78 is 1.78. The van der Waals surface area contributed by atoms with Crippen LogP contribution in [-0.4, -0.2) is 48.4 Å². The van der Waals surface area contributed by atoms with Crippen molar-refractivity contribution in [3.63, 3.8) is 0 Å². The minimum atomic E-state index is -0.275. The number of imidazole rings is 1. The van der Waals surface area contributed by atoms with Gasteiger partial charge in [-0.2, -0.15) is 0 Å². The summed E-state index contributed by atoms with van der Waals surface area (Å²) in [5.74, 6) is 0.478. The fraction of sp³-hybridized carbons (Fsp3) is 0.381. The second kappa shape index (κ2) is 6.65. The molecule has 1 aliphatic carbocycles. The van der Waals surface area contributed by atoms with Gasteiger partial charge in [0.05, 0.1) is 12.0 Å². The Morgan fingerprint density at radius 3 is 2.97 bits per heavy atom. The van der Waals surface area contributed by atoms with Crippen LogP contribution in [0, 0.1) is 0 Å². The Morgan fingerprint density at radius 2 is 2.21 bits per heavy atom. The zero-order chi connectivity index (χ0) is 20.0. The first-order valence-corrected chi connectivity index (χ1v) is 9.87. The number of aromatic amines is 1. The number of hydrogen-bond acceptors (Lipinski definition) is 5. The van der Waals surface area contributed by atoms with Gasteiger partial charge in [-0.15, -0.1) is 0 Å². The van der Waals surface area contributed by atoms with Crippen molar-refractivity contribution in [3.05, 3.63) is 64.4 Å². The number of amides is 1. The molecule has 8 nitrogen and oxygen atoms in total. The molecule has 0 saturated carbocycles. The molecule has 8 heteroatoms. The third-order valence-electron chi connectivity index (χ3n) is 6.09. The van der Waals surface area contributed by atoms with E-state index in [4.69, 9.17) is 4.98 Å². The molecule has 1 atom stereocenters. The molecule has 2 aliphatic rings. The van der Waals surface area contributed by atoms with Gasteiger partial charge in [0, 0.05) is 55.3 Å². The van der Waals surface area contributed by atoms with Gasteiger partial charge in [0.15, 0.2) is 0 Å². The minimum absolute atomic E-state index is 0.0598. The van der Waals surface area contributed by atoms with Crippen molar-refractivity contribution in [2.75, 3.05) is 13.1 Å². The molecule has 0 aromatic carbocycles. The second-order valence-electron chi connectivity index (χ2n) is 8.02. The van der Waals surface area contributed by atoms with Crippen molar-refractivity contribution in [2.45, 2.75) is 31.1 Å². The molecule has 0 bridgehead atoms. The molecule has 0 radical (unpaired) electrons. The van der Waals surface area contributed by atoms with Gasteiger partial charge in [-0.3, -0.25) is 14.6 Å². The van der Waals surface area contributed by atoms with Gasteiger partial charge in [0.1, 0.15) is 11.5 Å². The maximum absolute atomic E-state index is 13.0. The van der Waals surface area contributed by atoms with Crippen LogP contribution in [0.4, 0.5) is 0 Å². The van der Waals surface area contributed by atoms with Crippen molar-refractivity contribution in [3.8, 4) is 11.4 Å². The Hall–Kier alpha value is -3.29. The number of aromatic nitrogens is 5. The van der Waals surface area contributed by atoms with Crippen molar-refractivity contribution >= 4 is 5.91 Å². The first-order chi connectivity index (χ1) is 14.1. The summed E-state index contributed by atoms with van der Waals surface area (Å²) in [5.41, 5.74) is 2.48. The zero-order valence-electron chi connectivity index (χ0n) is 16.3. The van der Waals surface area contributed by atoms with E-state index in [1.165, 1.54) is 0 Å². The molecule has 3 aromatic heterocycles. The highest BCUT2D eigenvalue weighted by Crippen LogP contribution is 2.43. The average Bonchev–Trinajstić information content (AvgIpc) is 3.33. The number of likely N-dealkylation sites (tertiary alicyclic amines) is 1. The van der Waals surface area contributed by atoms with Crippen LogP contribution in [0.2, 0.25) is 0 Å². The number of fused-ring (bicyclic) bond motifs is 2. The van der Waals surface area contributed by atoms with Crippen LogP contribution >= 0.6 is 0 Å². The number of H-pyrrole nitrogens is 1. The topological polar surface area (TPSA) is 96.8 Å². The molecule has 1 saturated heterocycles. The van der Waals surface area contributed by atoms with Gasteiger partial charge >= 0.3 is 0 Å². The fourth-order valence-corrected chi connectivity index (χ4v) is 4.68. The monoisotopic (exact) mass is 390 g/mol. The van der Waals surface area contributed by atoms with Crippen LogP contribution in [0.15, 0.2) is 41.8 Å². The largest absolute Gasteiger partial charge is 0.340 e. The highest BCUT2D eigenvalue weighted by Gasteiger charge is 2.46. The van der Waals surface area contributed by atoms with E-state index in [2.05, 4.69) is 15.0 Å². The molecule has 4 heterocycles. The molecule has 1 N–H and O–H groups in total. The maximum Gasteiger partial charge on any atom is 0.274 e. The highest BCUT2D eigenvalue weighted by molar-refractivity contribution is 5.92. The summed E-state index contributed by atoms with van der Waals surface area (Å²) in [5, 5.41) is 0. The van der Waals surface area contributed by atoms with Gasteiger partial charge in [-0.1, -0.05) is 0 Å². The van der Waals surface area contributed by atoms with Crippen LogP contribution < -0.4 is 5.56 Å². The Morgan fingerprint density at radius 1 is 1.31 bits per heavy atom. The Labute approximate surface area is 167 Å². The lowest BCUT2D eigenvalue weighted by Crippen LogP contribution is -2.48. The lowest BCUT2D eigenvalue weighted by atomic mass is 9.77. The van der Waals surface area contributed by atoms with Gasteiger partial charge in [0.25, 0.3) is 11.5 Å². The Kier molecular flexibility index (Phi) is 4.08. The van der Waals surface area contributed by atoms with Crippen LogP contribution in [-0.2, 0) is 18.9 Å². The van der Waals surface area contributed by atoms with Gasteiger partial charge < -0.3 is 14.5 Å². The number of nitrogens with one attached hydrogen (secondary N) is 1. The Bertz CT molecular complexity index is 1140. The number of piperidine rings is 1. The van der Waals surface area contributed by atoms with Crippen LogP contribution in [0.3, 0.4) is 0 Å². The van der Waals surface area contributed by atoms with Crippen molar-refractivity contribution in [1.29, 1.82) is 0 Å². The lowest BCUT2D eigenvalue weighted by Gasteiger charge is -2.40. The Balaban J connectivity index is 1.52. The first kappa shape index (κ1) is 17.8. The summed E-state index contributed by atoms with van der Waals surface area (Å²) >= 11 is 0. The van der Waals surface area contributed by atoms with Crippen LogP contribution in [0.1, 0.15) is 41.0 Å². The number of nitrogens with zero attached hydrogens (tertiary/aromatic N) is 5. The highest BCUT2D eigenvalue weighted by atomic mass is 16.2. The van der Waals surface area contributed by atoms with E-state index >= 15 is 0 Å². The van der Waals surface area contributed by atoms with Crippen molar-refractivity contribution in [2.24, 2.45) is 7.05 Å². The standard InChI is InChI=1S/C21H22N6O2/c1-26-11-16(23-13-26)20(29)27-9-3-6-21(12-27)7-5-15-17(21)24-18(25-19(15)28)14-4-2-8-22-10-14/h2,4,8,10-11,13H,3,5-7,9,12H2,1H3,(H,24,25,28). The van der Waals surface area contributed by atoms with Gasteiger partial charge in [0.2, 0.25) is 0 Å². The molecule has 1 amide bonds. The number of carbonyl (C=O) groups excluding carboxylic acids is 1. The summed E-state index contributed by atoms with van der Waals surface area (Å²) in [4.78, 5) is 43.7. The van der Waals surface area contributed by atoms with E-state index in [1.54, 1.807) is 29.5 Å². The second-order valence-corrected chi connectivity index (χ2v) is 8.02. The van der Waals surface area contributed by atoms with Crippen LogP contribution in [0.25, 0.3) is 11.4 Å². The van der Waals surface area contributed by atoms with E-state index in [0.29, 0.717) is 31.0 Å². The predicted octanol–water partition coefficient (Wildman–Crippen LogP) is 1.69. The van der Waals surface area contributed by atoms with Gasteiger partial charge in [-0.05, 0) is 37.8 Å². The smallest absolute Gasteiger partial charge is 0.274 e. The molecule has 1 aliphatic heterocycles. The van der Waals surface area contributed by atoms with Gasteiger partial charge in [-0.25, -0.2) is 9.97 Å². The summed E-state index contributed by atoms with van der Waals surface area (Å²) in [7, 11) is 1.85. The number of hydrogen-bond donors (Lipinski definition) is 1. The van der Waals surface area contributed by atoms with Crippen molar-refractivity contribution in [1.82, 2.24) is 29.4 Å². The molecule has 29 heavy (non-hydrogen) atoms. The molecule has 1 spiro atoms. The molecule has 1 unspecified atom stereocenters. The van der Waals surface area contributed by atoms with E-state index in [1.807, 2.05) is 24.1 Å². The first-order valence-electron chi connectivity index (χ1n) is 9.87. The van der Waals surface area contributed by atoms with E-state index in [-0.39, 0.29) is 16.9 Å². The van der Waals surface area contributed by atoms with E-state index < -0.39 is 0 Å². The SMILES string of the molecule is Cn1cnc(C(=O)N2CCCC3(CCc4c3nc(-c3cccnc3)[nH]c4=O)C2)c1. The maximum atomic E-state index is 13.0. The number of pyridine rings is 1. The van der Waals surface area contributed by atoms with E-state index in [0.717, 1.165) is 36.1 Å². The zero-order valence-corrected chi connectivity index (χ0v) is 16.3. The minimum Gasteiger partial charge on any atom is -0.340 e.